The van der Waals surface area contributed by atoms with Gasteiger partial charge in [-0.1, -0.05) is 30.3 Å². The van der Waals surface area contributed by atoms with E-state index in [0.29, 0.717) is 6.54 Å². The van der Waals surface area contributed by atoms with Gasteiger partial charge in [0.25, 0.3) is 5.91 Å². The summed E-state index contributed by atoms with van der Waals surface area (Å²) < 4.78 is 5.50. The topological polar surface area (TPSA) is 70.1 Å². The molecule has 130 valence electrons. The van der Waals surface area contributed by atoms with Crippen LogP contribution in [-0.4, -0.2) is 57.2 Å². The van der Waals surface area contributed by atoms with E-state index < -0.39 is 23.8 Å². The molecule has 2 heterocycles. The quantitative estimate of drug-likeness (QED) is 0.798. The van der Waals surface area contributed by atoms with Crippen molar-refractivity contribution in [2.24, 2.45) is 0 Å². The van der Waals surface area contributed by atoms with Gasteiger partial charge in [0.2, 0.25) is 0 Å². The molecule has 0 unspecified atom stereocenters. The van der Waals surface area contributed by atoms with Crippen molar-refractivity contribution in [2.45, 2.75) is 57.5 Å². The van der Waals surface area contributed by atoms with Crippen LogP contribution in [0.5, 0.6) is 0 Å². The van der Waals surface area contributed by atoms with E-state index in [2.05, 4.69) is 0 Å². The van der Waals surface area contributed by atoms with Gasteiger partial charge < -0.3 is 19.6 Å². The Morgan fingerprint density at radius 2 is 1.88 bits per heavy atom. The molecule has 2 saturated heterocycles. The summed E-state index contributed by atoms with van der Waals surface area (Å²) in [5.41, 5.74) is 0.354. The summed E-state index contributed by atoms with van der Waals surface area (Å²) in [5, 5.41) is 10.1. The summed E-state index contributed by atoms with van der Waals surface area (Å²) >= 11 is 0. The number of hydrogen-bond acceptors (Lipinski definition) is 4. The molecule has 0 spiro atoms. The molecule has 2 amide bonds. The smallest absolute Gasteiger partial charge is 0.410 e. The molecular weight excluding hydrogens is 308 g/mol. The van der Waals surface area contributed by atoms with Gasteiger partial charge in [0.1, 0.15) is 5.60 Å². The van der Waals surface area contributed by atoms with Gasteiger partial charge >= 0.3 is 6.09 Å². The van der Waals surface area contributed by atoms with Crippen LogP contribution in [0.1, 0.15) is 39.3 Å². The third kappa shape index (κ3) is 2.75. The van der Waals surface area contributed by atoms with Crippen LogP contribution < -0.4 is 0 Å². The molecule has 6 heteroatoms. The van der Waals surface area contributed by atoms with Crippen LogP contribution in [0.25, 0.3) is 0 Å². The summed E-state index contributed by atoms with van der Waals surface area (Å²) in [6.45, 7) is 7.67. The number of nitrogens with zero attached hydrogens (tertiary/aromatic N) is 2. The van der Waals surface area contributed by atoms with Gasteiger partial charge in [-0.15, -0.1) is 0 Å². The fraction of sp³-hybridized carbons (Fsp3) is 0.556. The second kappa shape index (κ2) is 5.77. The largest absolute Gasteiger partial charge is 0.444 e. The molecule has 1 aromatic rings. The van der Waals surface area contributed by atoms with Crippen molar-refractivity contribution in [1.29, 1.82) is 0 Å². The summed E-state index contributed by atoms with van der Waals surface area (Å²) in [6, 6.07) is 8.62. The van der Waals surface area contributed by atoms with Crippen molar-refractivity contribution in [2.75, 3.05) is 6.54 Å². The highest BCUT2D eigenvalue weighted by Gasteiger charge is 2.57. The molecule has 0 radical (unpaired) electrons. The molecule has 2 aliphatic heterocycles. The number of piperazine rings is 1. The number of rotatable bonds is 1. The predicted molar refractivity (Wildman–Crippen MR) is 88.2 cm³/mol. The van der Waals surface area contributed by atoms with Gasteiger partial charge in [-0.2, -0.15) is 0 Å². The number of ether oxygens (including phenoxy) is 1. The van der Waals surface area contributed by atoms with Crippen molar-refractivity contribution >= 4 is 12.0 Å². The van der Waals surface area contributed by atoms with E-state index in [1.165, 1.54) is 0 Å². The molecule has 24 heavy (non-hydrogen) atoms. The number of aliphatic hydroxyl groups excluding tert-OH is 1. The zero-order valence-electron chi connectivity index (χ0n) is 14.5. The summed E-state index contributed by atoms with van der Waals surface area (Å²) in [6.07, 6.45) is -1.47. The van der Waals surface area contributed by atoms with Crippen LogP contribution in [0.2, 0.25) is 0 Å². The zero-order chi connectivity index (χ0) is 17.6. The number of carbonyl (C=O) groups is 2. The number of hydrogen-bond donors (Lipinski definition) is 1. The maximum Gasteiger partial charge on any atom is 0.410 e. The van der Waals surface area contributed by atoms with E-state index in [-0.39, 0.29) is 18.0 Å². The number of amides is 2. The third-order valence-electron chi connectivity index (χ3n) is 4.66. The lowest BCUT2D eigenvalue weighted by Gasteiger charge is -2.58. The highest BCUT2D eigenvalue weighted by Crippen LogP contribution is 2.40. The van der Waals surface area contributed by atoms with E-state index in [9.17, 15) is 14.7 Å². The first-order chi connectivity index (χ1) is 11.2. The molecule has 4 atom stereocenters. The number of β-lactam (4-membered cyclic amide) rings is 1. The van der Waals surface area contributed by atoms with E-state index in [1.54, 1.807) is 9.80 Å². The van der Waals surface area contributed by atoms with Crippen LogP contribution >= 0.6 is 0 Å². The average Bonchev–Trinajstić information content (AvgIpc) is 2.52. The number of carbonyl (C=O) groups excluding carboxylic acids is 2. The molecule has 2 aliphatic rings. The summed E-state index contributed by atoms with van der Waals surface area (Å²) in [5.74, 6) is -0.274. The Hall–Kier alpha value is -2.08. The zero-order valence-corrected chi connectivity index (χ0v) is 14.5. The van der Waals surface area contributed by atoms with Gasteiger partial charge in [0.15, 0.2) is 6.10 Å². The van der Waals surface area contributed by atoms with Crippen LogP contribution in [0.3, 0.4) is 0 Å². The van der Waals surface area contributed by atoms with E-state index in [1.807, 2.05) is 58.0 Å². The van der Waals surface area contributed by atoms with Gasteiger partial charge in [-0.05, 0) is 33.3 Å². The maximum absolute atomic E-state index is 12.6. The molecule has 0 aliphatic carbocycles. The fourth-order valence-electron chi connectivity index (χ4n) is 3.50. The first-order valence-corrected chi connectivity index (χ1v) is 8.25. The Kier molecular flexibility index (Phi) is 4.03. The lowest BCUT2D eigenvalue weighted by molar-refractivity contribution is -0.188. The van der Waals surface area contributed by atoms with E-state index in [0.717, 1.165) is 5.56 Å². The van der Waals surface area contributed by atoms with Gasteiger partial charge in [-0.25, -0.2) is 4.79 Å². The second-order valence-corrected chi connectivity index (χ2v) is 7.48. The average molecular weight is 332 g/mol. The van der Waals surface area contributed by atoms with Gasteiger partial charge in [0, 0.05) is 6.54 Å². The molecule has 0 bridgehead atoms. The van der Waals surface area contributed by atoms with Gasteiger partial charge in [0.05, 0.1) is 18.1 Å². The minimum Gasteiger partial charge on any atom is -0.444 e. The number of fused-ring (bicyclic) bond motifs is 1. The second-order valence-electron chi connectivity index (χ2n) is 7.48. The maximum atomic E-state index is 12.6. The molecule has 3 rings (SSSR count). The number of benzene rings is 1. The SMILES string of the molecule is C[C@H]1[C@@H]2[C@H](O)C(=O)N2[C@@H](c2ccccc2)CN1C(=O)OC(C)(C)C. The van der Waals surface area contributed by atoms with Crippen LogP contribution in [0.15, 0.2) is 30.3 Å². The van der Waals surface area contributed by atoms with Crippen LogP contribution in [-0.2, 0) is 9.53 Å². The van der Waals surface area contributed by atoms with Crippen molar-refractivity contribution in [1.82, 2.24) is 9.80 Å². The van der Waals surface area contributed by atoms with E-state index in [4.69, 9.17) is 4.74 Å². The molecule has 0 saturated carbocycles. The van der Waals surface area contributed by atoms with Crippen LogP contribution in [0, 0.1) is 0 Å². The van der Waals surface area contributed by atoms with E-state index >= 15 is 0 Å². The molecule has 2 fully saturated rings. The monoisotopic (exact) mass is 332 g/mol. The lowest BCUT2D eigenvalue weighted by atomic mass is 9.83. The molecule has 0 aromatic heterocycles. The normalized spacial score (nSPS) is 29.8. The van der Waals surface area contributed by atoms with Crippen molar-refractivity contribution in [3.8, 4) is 0 Å². The molecule has 1 aromatic carbocycles. The van der Waals surface area contributed by atoms with Gasteiger partial charge in [-0.3, -0.25) is 4.79 Å². The number of aliphatic hydroxyl groups is 1. The summed E-state index contributed by atoms with van der Waals surface area (Å²) in [4.78, 5) is 28.1. The molecular formula is C18H24N2O4. The summed E-state index contributed by atoms with van der Waals surface area (Å²) in [7, 11) is 0. The van der Waals surface area contributed by atoms with Crippen LogP contribution in [0.4, 0.5) is 4.79 Å². The Labute approximate surface area is 142 Å². The Balaban J connectivity index is 1.90. The first kappa shape index (κ1) is 16.8. The lowest BCUT2D eigenvalue weighted by Crippen LogP contribution is -2.76. The molecule has 1 N–H and O–H groups in total. The Morgan fingerprint density at radius 1 is 1.25 bits per heavy atom. The first-order valence-electron chi connectivity index (χ1n) is 8.25. The van der Waals surface area contributed by atoms with Crippen molar-refractivity contribution in [3.63, 3.8) is 0 Å². The van der Waals surface area contributed by atoms with Crippen molar-refractivity contribution in [3.05, 3.63) is 35.9 Å². The standard InChI is InChI=1S/C18H24N2O4/c1-11-14-15(21)16(22)20(14)13(12-8-6-5-7-9-12)10-19(11)17(23)24-18(2,3)4/h5-9,11,13-15,21H,10H2,1-4H3/t11-,13+,14+,15-/m0/s1. The predicted octanol–water partition coefficient (Wildman–Crippen LogP) is 1.94. The highest BCUT2D eigenvalue weighted by atomic mass is 16.6. The Morgan fingerprint density at radius 3 is 2.46 bits per heavy atom. The Bertz CT molecular complexity index is 640. The fourth-order valence-corrected chi connectivity index (χ4v) is 3.50. The highest BCUT2D eigenvalue weighted by molar-refractivity contribution is 5.89. The van der Waals surface area contributed by atoms with Crippen molar-refractivity contribution < 1.29 is 19.4 Å². The molecule has 6 nitrogen and oxygen atoms in total. The third-order valence-corrected chi connectivity index (χ3v) is 4.66. The minimum absolute atomic E-state index is 0.268. The minimum atomic E-state index is -1.06.